The van der Waals surface area contributed by atoms with E-state index in [1.54, 1.807) is 13.2 Å². The van der Waals surface area contributed by atoms with E-state index >= 15 is 0 Å². The zero-order chi connectivity index (χ0) is 18.1. The van der Waals surface area contributed by atoms with Gasteiger partial charge in [-0.2, -0.15) is 9.61 Å². The maximum atomic E-state index is 12.4. The molecule has 0 aliphatic carbocycles. The van der Waals surface area contributed by atoms with Crippen LogP contribution in [0.2, 0.25) is 0 Å². The normalized spacial score (nSPS) is 11.0. The summed E-state index contributed by atoms with van der Waals surface area (Å²) in [7, 11) is 1.65. The van der Waals surface area contributed by atoms with E-state index < -0.39 is 0 Å². The summed E-state index contributed by atoms with van der Waals surface area (Å²) >= 11 is 0. The summed E-state index contributed by atoms with van der Waals surface area (Å²) in [5.74, 6) is 0.817. The van der Waals surface area contributed by atoms with Crippen molar-refractivity contribution < 1.29 is 4.74 Å². The molecule has 0 aliphatic heterocycles. The summed E-state index contributed by atoms with van der Waals surface area (Å²) in [4.78, 5) is 15.7. The number of hydrogen-bond acceptors (Lipinski definition) is 3. The van der Waals surface area contributed by atoms with Gasteiger partial charge in [-0.3, -0.25) is 4.79 Å². The van der Waals surface area contributed by atoms with Gasteiger partial charge in [0.05, 0.1) is 12.8 Å². The number of aryl methyl sites for hydroxylation is 1. The number of nitrogens with one attached hydrogen (secondary N) is 1. The maximum Gasteiger partial charge on any atom is 0.274 e. The number of aromatic amines is 1. The number of hydrogen-bond donors (Lipinski definition) is 1. The summed E-state index contributed by atoms with van der Waals surface area (Å²) in [5, 5.41) is 4.61. The van der Waals surface area contributed by atoms with Crippen molar-refractivity contribution in [3.63, 3.8) is 0 Å². The second-order valence-electron chi connectivity index (χ2n) is 6.26. The van der Waals surface area contributed by atoms with E-state index in [9.17, 15) is 4.79 Å². The van der Waals surface area contributed by atoms with Crippen molar-refractivity contribution in [1.82, 2.24) is 14.6 Å². The molecule has 0 fully saturated rings. The van der Waals surface area contributed by atoms with Gasteiger partial charge in [-0.25, -0.2) is 0 Å². The summed E-state index contributed by atoms with van der Waals surface area (Å²) in [6.45, 7) is 1.88. The van der Waals surface area contributed by atoms with Gasteiger partial charge in [0.1, 0.15) is 11.4 Å². The van der Waals surface area contributed by atoms with E-state index in [-0.39, 0.29) is 5.56 Å². The number of H-pyrrole nitrogens is 1. The molecule has 0 atom stereocenters. The Morgan fingerprint density at radius 3 is 2.50 bits per heavy atom. The van der Waals surface area contributed by atoms with Crippen molar-refractivity contribution in [3.05, 3.63) is 88.0 Å². The van der Waals surface area contributed by atoms with Crippen molar-refractivity contribution in [2.75, 3.05) is 7.11 Å². The molecule has 5 nitrogen and oxygen atoms in total. The molecule has 0 amide bonds. The quantitative estimate of drug-likeness (QED) is 0.615. The first-order chi connectivity index (χ1) is 12.7. The Labute approximate surface area is 150 Å². The fourth-order valence-electron chi connectivity index (χ4n) is 3.18. The fraction of sp³-hybridized carbons (Fsp3) is 0.143. The molecule has 1 N–H and O–H groups in total. The molecule has 5 heteroatoms. The van der Waals surface area contributed by atoms with Gasteiger partial charge >= 0.3 is 0 Å². The van der Waals surface area contributed by atoms with Crippen LogP contribution in [0.25, 0.3) is 16.8 Å². The number of methoxy groups -OCH3 is 1. The number of fused-ring (bicyclic) bond motifs is 1. The highest BCUT2D eigenvalue weighted by Crippen LogP contribution is 2.28. The van der Waals surface area contributed by atoms with Gasteiger partial charge in [0, 0.05) is 23.7 Å². The molecule has 4 aromatic rings. The highest BCUT2D eigenvalue weighted by Gasteiger charge is 2.17. The van der Waals surface area contributed by atoms with E-state index in [2.05, 4.69) is 10.1 Å². The molecule has 0 radical (unpaired) electrons. The van der Waals surface area contributed by atoms with Crippen molar-refractivity contribution in [2.24, 2.45) is 0 Å². The van der Waals surface area contributed by atoms with Crippen LogP contribution < -0.4 is 10.3 Å². The zero-order valence-corrected chi connectivity index (χ0v) is 14.7. The van der Waals surface area contributed by atoms with Crippen LogP contribution in [0.5, 0.6) is 5.75 Å². The Morgan fingerprint density at radius 1 is 1.08 bits per heavy atom. The predicted octanol–water partition coefficient (Wildman–Crippen LogP) is 3.60. The van der Waals surface area contributed by atoms with Gasteiger partial charge in [0.2, 0.25) is 0 Å². The highest BCUT2D eigenvalue weighted by atomic mass is 16.5. The van der Waals surface area contributed by atoms with Gasteiger partial charge < -0.3 is 9.72 Å². The summed E-state index contributed by atoms with van der Waals surface area (Å²) in [6.07, 6.45) is 0.627. The summed E-state index contributed by atoms with van der Waals surface area (Å²) in [6, 6.07) is 19.5. The van der Waals surface area contributed by atoms with E-state index in [1.807, 2.05) is 61.5 Å². The second kappa shape index (κ2) is 6.52. The third kappa shape index (κ3) is 2.88. The molecule has 0 bridgehead atoms. The standard InChI is InChI=1S/C21H19N3O2/c1-14-12-19(25)24-21(22-14)20(16-6-4-3-5-7-16)18(23-24)13-15-8-10-17(26-2)11-9-15/h3-12,22H,13H2,1-2H3. The van der Waals surface area contributed by atoms with Crippen LogP contribution in [0, 0.1) is 6.92 Å². The lowest BCUT2D eigenvalue weighted by Crippen LogP contribution is -2.14. The Kier molecular flexibility index (Phi) is 4.05. The number of ether oxygens (including phenoxy) is 1. The molecule has 26 heavy (non-hydrogen) atoms. The monoisotopic (exact) mass is 345 g/mol. The third-order valence-corrected chi connectivity index (χ3v) is 4.42. The molecule has 2 aromatic heterocycles. The predicted molar refractivity (Wildman–Crippen MR) is 102 cm³/mol. The van der Waals surface area contributed by atoms with Crippen LogP contribution >= 0.6 is 0 Å². The number of nitrogens with zero attached hydrogens (tertiary/aromatic N) is 2. The Morgan fingerprint density at radius 2 is 1.81 bits per heavy atom. The number of benzene rings is 2. The minimum absolute atomic E-state index is 0.130. The van der Waals surface area contributed by atoms with E-state index in [0.29, 0.717) is 6.42 Å². The molecule has 0 saturated carbocycles. The van der Waals surface area contributed by atoms with Crippen LogP contribution in [-0.4, -0.2) is 21.7 Å². The molecule has 130 valence electrons. The fourth-order valence-corrected chi connectivity index (χ4v) is 3.18. The average Bonchev–Trinajstić information content (AvgIpc) is 3.01. The molecular weight excluding hydrogens is 326 g/mol. The van der Waals surface area contributed by atoms with E-state index in [4.69, 9.17) is 4.74 Å². The van der Waals surface area contributed by atoms with Crippen LogP contribution in [0.15, 0.2) is 65.5 Å². The minimum atomic E-state index is -0.130. The largest absolute Gasteiger partial charge is 0.497 e. The molecule has 0 unspecified atom stereocenters. The first kappa shape index (κ1) is 16.1. The third-order valence-electron chi connectivity index (χ3n) is 4.42. The van der Waals surface area contributed by atoms with Gasteiger partial charge in [-0.15, -0.1) is 0 Å². The lowest BCUT2D eigenvalue weighted by Gasteiger charge is -2.05. The smallest absolute Gasteiger partial charge is 0.274 e. The van der Waals surface area contributed by atoms with Crippen molar-refractivity contribution in [2.45, 2.75) is 13.3 Å². The zero-order valence-electron chi connectivity index (χ0n) is 14.7. The lowest BCUT2D eigenvalue weighted by atomic mass is 10.0. The first-order valence-electron chi connectivity index (χ1n) is 8.45. The van der Waals surface area contributed by atoms with Gasteiger partial charge in [0.25, 0.3) is 5.56 Å². The van der Waals surface area contributed by atoms with Crippen molar-refractivity contribution >= 4 is 5.65 Å². The van der Waals surface area contributed by atoms with Crippen molar-refractivity contribution in [3.8, 4) is 16.9 Å². The molecule has 0 saturated heterocycles. The maximum absolute atomic E-state index is 12.4. The van der Waals surface area contributed by atoms with Crippen LogP contribution in [0.3, 0.4) is 0 Å². The Hall–Kier alpha value is -3.34. The number of rotatable bonds is 4. The SMILES string of the molecule is COc1ccc(Cc2nn3c(=O)cc(C)[nH]c3c2-c2ccccc2)cc1. The first-order valence-corrected chi connectivity index (χ1v) is 8.45. The molecule has 0 spiro atoms. The molecule has 2 heterocycles. The second-order valence-corrected chi connectivity index (χ2v) is 6.26. The number of aromatic nitrogens is 3. The van der Waals surface area contributed by atoms with E-state index in [0.717, 1.165) is 39.5 Å². The highest BCUT2D eigenvalue weighted by molar-refractivity contribution is 5.80. The van der Waals surface area contributed by atoms with Crippen LogP contribution in [0.4, 0.5) is 0 Å². The minimum Gasteiger partial charge on any atom is -0.497 e. The van der Waals surface area contributed by atoms with Crippen LogP contribution in [-0.2, 0) is 6.42 Å². The average molecular weight is 345 g/mol. The van der Waals surface area contributed by atoms with Crippen LogP contribution in [0.1, 0.15) is 17.0 Å². The summed E-state index contributed by atoms with van der Waals surface area (Å²) < 4.78 is 6.68. The van der Waals surface area contributed by atoms with E-state index in [1.165, 1.54) is 4.52 Å². The van der Waals surface area contributed by atoms with Gasteiger partial charge in [0.15, 0.2) is 0 Å². The topological polar surface area (TPSA) is 59.4 Å². The summed E-state index contributed by atoms with van der Waals surface area (Å²) in [5.41, 5.74) is 5.38. The Bertz CT molecular complexity index is 1110. The Balaban J connectivity index is 1.90. The van der Waals surface area contributed by atoms with Gasteiger partial charge in [-0.05, 0) is 30.2 Å². The lowest BCUT2D eigenvalue weighted by molar-refractivity contribution is 0.414. The molecule has 0 aliphatic rings. The molecule has 2 aromatic carbocycles. The van der Waals surface area contributed by atoms with Crippen molar-refractivity contribution in [1.29, 1.82) is 0 Å². The van der Waals surface area contributed by atoms with Gasteiger partial charge in [-0.1, -0.05) is 42.5 Å². The molecular formula is C21H19N3O2. The molecule has 4 rings (SSSR count).